The monoisotopic (exact) mass is 256 g/mol. The Labute approximate surface area is 101 Å². The SMILES string of the molecule is CCCN=C(N)Nc1ccc(S(N)(=O)=O)cc1. The summed E-state index contributed by atoms with van der Waals surface area (Å²) in [6.45, 7) is 2.64. The highest BCUT2D eigenvalue weighted by atomic mass is 32.2. The molecule has 0 aliphatic heterocycles. The van der Waals surface area contributed by atoms with E-state index in [1.54, 1.807) is 12.1 Å². The maximum atomic E-state index is 11.0. The fourth-order valence-corrected chi connectivity index (χ4v) is 1.66. The van der Waals surface area contributed by atoms with Gasteiger partial charge in [-0.25, -0.2) is 13.6 Å². The lowest BCUT2D eigenvalue weighted by Crippen LogP contribution is -2.22. The Morgan fingerprint density at radius 3 is 2.41 bits per heavy atom. The number of rotatable bonds is 4. The quantitative estimate of drug-likeness (QED) is 0.537. The van der Waals surface area contributed by atoms with Crippen LogP contribution in [0, 0.1) is 0 Å². The fourth-order valence-electron chi connectivity index (χ4n) is 1.15. The average molecular weight is 256 g/mol. The van der Waals surface area contributed by atoms with Crippen LogP contribution in [0.2, 0.25) is 0 Å². The van der Waals surface area contributed by atoms with Crippen molar-refractivity contribution in [3.8, 4) is 0 Å². The highest BCUT2D eigenvalue weighted by molar-refractivity contribution is 7.89. The van der Waals surface area contributed by atoms with Gasteiger partial charge in [0.25, 0.3) is 0 Å². The van der Waals surface area contributed by atoms with Gasteiger partial charge in [-0.05, 0) is 30.7 Å². The molecule has 0 aliphatic carbocycles. The fraction of sp³-hybridized carbons (Fsp3) is 0.300. The topological polar surface area (TPSA) is 111 Å². The number of nitrogens with one attached hydrogen (secondary N) is 1. The first-order valence-corrected chi connectivity index (χ1v) is 6.68. The van der Waals surface area contributed by atoms with Gasteiger partial charge in [0.2, 0.25) is 10.0 Å². The van der Waals surface area contributed by atoms with E-state index in [9.17, 15) is 8.42 Å². The van der Waals surface area contributed by atoms with Crippen LogP contribution in [0.5, 0.6) is 0 Å². The van der Waals surface area contributed by atoms with Crippen molar-refractivity contribution in [1.29, 1.82) is 0 Å². The van der Waals surface area contributed by atoms with Gasteiger partial charge in [0.05, 0.1) is 4.90 Å². The van der Waals surface area contributed by atoms with Gasteiger partial charge >= 0.3 is 0 Å². The van der Waals surface area contributed by atoms with Crippen LogP contribution in [0.3, 0.4) is 0 Å². The number of nitrogens with zero attached hydrogens (tertiary/aromatic N) is 1. The van der Waals surface area contributed by atoms with Crippen LogP contribution in [-0.4, -0.2) is 20.9 Å². The number of benzene rings is 1. The van der Waals surface area contributed by atoms with E-state index in [0.29, 0.717) is 18.2 Å². The predicted octanol–water partition coefficient (Wildman–Crippen LogP) is 0.471. The van der Waals surface area contributed by atoms with Crippen LogP contribution in [0.15, 0.2) is 34.2 Å². The molecule has 1 aromatic rings. The van der Waals surface area contributed by atoms with Gasteiger partial charge in [-0.1, -0.05) is 6.92 Å². The third kappa shape index (κ3) is 4.41. The van der Waals surface area contributed by atoms with Gasteiger partial charge in [-0.2, -0.15) is 0 Å². The molecule has 0 bridgehead atoms. The number of sulfonamides is 1. The summed E-state index contributed by atoms with van der Waals surface area (Å²) in [6, 6.07) is 5.97. The molecular weight excluding hydrogens is 240 g/mol. The van der Waals surface area contributed by atoms with E-state index in [2.05, 4.69) is 10.3 Å². The minimum atomic E-state index is -3.65. The van der Waals surface area contributed by atoms with Gasteiger partial charge in [0.1, 0.15) is 0 Å². The van der Waals surface area contributed by atoms with Crippen molar-refractivity contribution in [3.63, 3.8) is 0 Å². The molecule has 1 rings (SSSR count). The maximum Gasteiger partial charge on any atom is 0.238 e. The zero-order chi connectivity index (χ0) is 12.9. The molecule has 0 unspecified atom stereocenters. The summed E-state index contributed by atoms with van der Waals surface area (Å²) in [5.74, 6) is 0.301. The molecule has 7 heteroatoms. The van der Waals surface area contributed by atoms with Crippen LogP contribution in [0.4, 0.5) is 5.69 Å². The van der Waals surface area contributed by atoms with E-state index in [0.717, 1.165) is 6.42 Å². The first-order chi connectivity index (χ1) is 7.93. The van der Waals surface area contributed by atoms with Crippen molar-refractivity contribution in [2.24, 2.45) is 15.9 Å². The molecule has 94 valence electrons. The van der Waals surface area contributed by atoms with Crippen molar-refractivity contribution in [3.05, 3.63) is 24.3 Å². The third-order valence-corrected chi connectivity index (χ3v) is 2.89. The average Bonchev–Trinajstić information content (AvgIpc) is 2.26. The summed E-state index contributed by atoms with van der Waals surface area (Å²) in [5, 5.41) is 7.82. The second-order valence-electron chi connectivity index (χ2n) is 3.46. The highest BCUT2D eigenvalue weighted by Gasteiger charge is 2.06. The molecule has 0 heterocycles. The van der Waals surface area contributed by atoms with Gasteiger partial charge in [0.15, 0.2) is 5.96 Å². The molecule has 5 N–H and O–H groups in total. The molecule has 0 amide bonds. The van der Waals surface area contributed by atoms with E-state index < -0.39 is 10.0 Å². The third-order valence-electron chi connectivity index (χ3n) is 1.96. The summed E-state index contributed by atoms with van der Waals surface area (Å²) in [5.41, 5.74) is 6.27. The summed E-state index contributed by atoms with van der Waals surface area (Å²) < 4.78 is 22.0. The Morgan fingerprint density at radius 1 is 1.35 bits per heavy atom. The first-order valence-electron chi connectivity index (χ1n) is 5.13. The summed E-state index contributed by atoms with van der Waals surface area (Å²) in [4.78, 5) is 4.11. The Kier molecular flexibility index (Phi) is 4.47. The Hall–Kier alpha value is -1.60. The molecule has 0 radical (unpaired) electrons. The molecule has 0 atom stereocenters. The Balaban J connectivity index is 2.76. The molecule has 0 spiro atoms. The Morgan fingerprint density at radius 2 is 1.94 bits per heavy atom. The van der Waals surface area contributed by atoms with Crippen molar-refractivity contribution in [2.75, 3.05) is 11.9 Å². The molecular formula is C10H16N4O2S. The van der Waals surface area contributed by atoms with Crippen LogP contribution in [-0.2, 0) is 10.0 Å². The van der Waals surface area contributed by atoms with Crippen LogP contribution in [0.1, 0.15) is 13.3 Å². The van der Waals surface area contributed by atoms with Gasteiger partial charge in [-0.3, -0.25) is 4.99 Å². The number of aliphatic imine (C=N–C) groups is 1. The lowest BCUT2D eigenvalue weighted by atomic mass is 10.3. The van der Waals surface area contributed by atoms with Crippen molar-refractivity contribution in [1.82, 2.24) is 0 Å². The van der Waals surface area contributed by atoms with Crippen LogP contribution < -0.4 is 16.2 Å². The number of hydrogen-bond donors (Lipinski definition) is 3. The number of hydrogen-bond acceptors (Lipinski definition) is 3. The zero-order valence-corrected chi connectivity index (χ0v) is 10.4. The number of guanidine groups is 1. The molecule has 17 heavy (non-hydrogen) atoms. The number of anilines is 1. The molecule has 1 aromatic carbocycles. The second-order valence-corrected chi connectivity index (χ2v) is 5.02. The largest absolute Gasteiger partial charge is 0.370 e. The van der Waals surface area contributed by atoms with Crippen molar-refractivity contribution in [2.45, 2.75) is 18.2 Å². The summed E-state index contributed by atoms with van der Waals surface area (Å²) in [7, 11) is -3.65. The Bertz CT molecular complexity index is 494. The second kappa shape index (κ2) is 5.65. The minimum Gasteiger partial charge on any atom is -0.370 e. The summed E-state index contributed by atoms with van der Waals surface area (Å²) >= 11 is 0. The minimum absolute atomic E-state index is 0.0621. The predicted molar refractivity (Wildman–Crippen MR) is 68.2 cm³/mol. The highest BCUT2D eigenvalue weighted by Crippen LogP contribution is 2.12. The normalized spacial score (nSPS) is 12.5. The lowest BCUT2D eigenvalue weighted by molar-refractivity contribution is 0.598. The van der Waals surface area contributed by atoms with Gasteiger partial charge < -0.3 is 11.1 Å². The molecule has 6 nitrogen and oxygen atoms in total. The molecule has 0 aliphatic rings. The zero-order valence-electron chi connectivity index (χ0n) is 9.55. The molecule has 0 saturated heterocycles. The molecule has 0 saturated carbocycles. The standard InChI is InChI=1S/C10H16N4O2S/c1-2-7-13-10(11)14-8-3-5-9(6-4-8)17(12,15)16/h3-6H,2,7H2,1H3,(H3,11,13,14)(H2,12,15,16). The number of nitrogens with two attached hydrogens (primary N) is 2. The smallest absolute Gasteiger partial charge is 0.238 e. The van der Waals surface area contributed by atoms with E-state index >= 15 is 0 Å². The van der Waals surface area contributed by atoms with Gasteiger partial charge in [0, 0.05) is 12.2 Å². The van der Waals surface area contributed by atoms with Gasteiger partial charge in [-0.15, -0.1) is 0 Å². The van der Waals surface area contributed by atoms with Crippen molar-refractivity contribution < 1.29 is 8.42 Å². The van der Waals surface area contributed by atoms with E-state index in [-0.39, 0.29) is 4.90 Å². The molecule has 0 fully saturated rings. The van der Waals surface area contributed by atoms with Crippen molar-refractivity contribution >= 4 is 21.7 Å². The summed E-state index contributed by atoms with van der Waals surface area (Å²) in [6.07, 6.45) is 0.909. The van der Waals surface area contributed by atoms with E-state index in [4.69, 9.17) is 10.9 Å². The van der Waals surface area contributed by atoms with Crippen LogP contribution in [0.25, 0.3) is 0 Å². The van der Waals surface area contributed by atoms with Crippen LogP contribution >= 0.6 is 0 Å². The maximum absolute atomic E-state index is 11.0. The molecule has 0 aromatic heterocycles. The first kappa shape index (κ1) is 13.5. The van der Waals surface area contributed by atoms with E-state index in [1.807, 2.05) is 6.92 Å². The van der Waals surface area contributed by atoms with E-state index in [1.165, 1.54) is 12.1 Å². The number of primary sulfonamides is 1. The lowest BCUT2D eigenvalue weighted by Gasteiger charge is -2.06.